The summed E-state index contributed by atoms with van der Waals surface area (Å²) in [4.78, 5) is 23.9. The maximum absolute atomic E-state index is 12.3. The maximum atomic E-state index is 12.3. The van der Waals surface area contributed by atoms with E-state index in [-0.39, 0.29) is 21.9 Å². The average Bonchev–Trinajstić information content (AvgIpc) is 2.45. The molecule has 1 aromatic carbocycles. The molecule has 7 nitrogen and oxygen atoms in total. The molecule has 0 bridgehead atoms. The second-order valence-electron chi connectivity index (χ2n) is 5.70. The second-order valence-corrected chi connectivity index (χ2v) is 7.77. The number of cyclic esters (lactones) is 2. The Hall–Kier alpha value is -2.35. The van der Waals surface area contributed by atoms with Crippen molar-refractivity contribution in [1.29, 1.82) is 0 Å². The Kier molecular flexibility index (Phi) is 4.98. The molecule has 1 N–H and O–H groups in total. The Bertz CT molecular complexity index is 773. The first-order valence-corrected chi connectivity index (χ1v) is 9.06. The van der Waals surface area contributed by atoms with Crippen LogP contribution in [0.2, 0.25) is 0 Å². The van der Waals surface area contributed by atoms with Gasteiger partial charge >= 0.3 is 11.9 Å². The molecule has 0 saturated carbocycles. The molecule has 1 fully saturated rings. The highest BCUT2D eigenvalue weighted by Crippen LogP contribution is 2.25. The van der Waals surface area contributed by atoms with Crippen molar-refractivity contribution < 1.29 is 27.5 Å². The Morgan fingerprint density at radius 1 is 1.12 bits per heavy atom. The molecule has 1 aromatic rings. The highest BCUT2D eigenvalue weighted by molar-refractivity contribution is 7.91. The predicted octanol–water partition coefficient (Wildman–Crippen LogP) is 2.00. The van der Waals surface area contributed by atoms with E-state index in [0.717, 1.165) is 6.20 Å². The first kappa shape index (κ1) is 18.0. The first-order chi connectivity index (χ1) is 11.2. The van der Waals surface area contributed by atoms with E-state index in [0.29, 0.717) is 6.42 Å². The fourth-order valence-electron chi connectivity index (χ4n) is 2.16. The Morgan fingerprint density at radius 2 is 1.71 bits per heavy atom. The number of sulfone groups is 1. The molecule has 8 heteroatoms. The van der Waals surface area contributed by atoms with Gasteiger partial charge in [0.2, 0.25) is 0 Å². The highest BCUT2D eigenvalue weighted by atomic mass is 32.2. The van der Waals surface area contributed by atoms with Crippen molar-refractivity contribution >= 4 is 27.5 Å². The molecule has 1 aliphatic heterocycles. The predicted molar refractivity (Wildman–Crippen MR) is 86.8 cm³/mol. The van der Waals surface area contributed by atoms with Gasteiger partial charge in [-0.25, -0.2) is 18.0 Å². The molecular formula is C16H19NO6S. The fourth-order valence-corrected chi connectivity index (χ4v) is 3.67. The van der Waals surface area contributed by atoms with Crippen LogP contribution in [0.25, 0.3) is 0 Å². The molecule has 1 heterocycles. The van der Waals surface area contributed by atoms with Crippen LogP contribution in [0.3, 0.4) is 0 Å². The minimum atomic E-state index is -3.46. The maximum Gasteiger partial charge on any atom is 0.350 e. The van der Waals surface area contributed by atoms with E-state index >= 15 is 0 Å². The number of carbonyl (C=O) groups is 2. The van der Waals surface area contributed by atoms with Gasteiger partial charge in [-0.3, -0.25) is 0 Å². The van der Waals surface area contributed by atoms with E-state index in [9.17, 15) is 18.0 Å². The quantitative estimate of drug-likeness (QED) is 0.491. The van der Waals surface area contributed by atoms with Gasteiger partial charge in [0.05, 0.1) is 16.3 Å². The van der Waals surface area contributed by atoms with E-state index < -0.39 is 27.6 Å². The van der Waals surface area contributed by atoms with Gasteiger partial charge in [0, 0.05) is 20.0 Å². The standard InChI is InChI=1S/C16H19NO6S/c1-4-9-24(20,21)13-8-6-5-7-12(13)17-10-11-14(18)22-16(2,3)23-15(11)19/h5-8,10,17H,4,9H2,1-3H3. The molecule has 0 radical (unpaired) electrons. The van der Waals surface area contributed by atoms with Crippen LogP contribution in [0.4, 0.5) is 5.69 Å². The van der Waals surface area contributed by atoms with Gasteiger partial charge in [0.1, 0.15) is 0 Å². The summed E-state index contributed by atoms with van der Waals surface area (Å²) in [5.41, 5.74) is -0.0686. The Morgan fingerprint density at radius 3 is 2.29 bits per heavy atom. The number of hydrogen-bond donors (Lipinski definition) is 1. The Labute approximate surface area is 140 Å². The SMILES string of the molecule is CCCS(=O)(=O)c1ccccc1NC=C1C(=O)OC(C)(C)OC1=O. The molecule has 2 rings (SSSR count). The number of benzene rings is 1. The second kappa shape index (κ2) is 6.64. The zero-order chi connectivity index (χ0) is 18.0. The largest absolute Gasteiger partial charge is 0.419 e. The third-order valence-corrected chi connectivity index (χ3v) is 5.16. The molecule has 0 aliphatic carbocycles. The van der Waals surface area contributed by atoms with Crippen LogP contribution in [0.5, 0.6) is 0 Å². The van der Waals surface area contributed by atoms with Gasteiger partial charge < -0.3 is 14.8 Å². The lowest BCUT2D eigenvalue weighted by atomic mass is 10.2. The molecule has 0 unspecified atom stereocenters. The van der Waals surface area contributed by atoms with Crippen LogP contribution in [-0.4, -0.2) is 31.9 Å². The van der Waals surface area contributed by atoms with Crippen molar-refractivity contribution in [2.75, 3.05) is 11.1 Å². The zero-order valence-electron chi connectivity index (χ0n) is 13.7. The topological polar surface area (TPSA) is 98.8 Å². The molecule has 130 valence electrons. The third-order valence-electron chi connectivity index (χ3n) is 3.18. The van der Waals surface area contributed by atoms with Crippen LogP contribution >= 0.6 is 0 Å². The van der Waals surface area contributed by atoms with E-state index in [1.165, 1.54) is 19.9 Å². The number of hydrogen-bond acceptors (Lipinski definition) is 7. The highest BCUT2D eigenvalue weighted by Gasteiger charge is 2.39. The smallest absolute Gasteiger partial charge is 0.350 e. The van der Waals surface area contributed by atoms with Crippen LogP contribution in [0.15, 0.2) is 40.9 Å². The number of anilines is 1. The lowest BCUT2D eigenvalue weighted by Gasteiger charge is -2.29. The first-order valence-electron chi connectivity index (χ1n) is 7.41. The minimum absolute atomic E-state index is 0.000533. The zero-order valence-corrected chi connectivity index (χ0v) is 14.5. The molecule has 0 aromatic heterocycles. The van der Waals surface area contributed by atoms with Gasteiger partial charge in [0.15, 0.2) is 15.4 Å². The van der Waals surface area contributed by atoms with Crippen molar-refractivity contribution in [2.45, 2.75) is 37.9 Å². The van der Waals surface area contributed by atoms with Gasteiger partial charge in [-0.05, 0) is 18.6 Å². The number of ether oxygens (including phenoxy) is 2. The lowest BCUT2D eigenvalue weighted by Crippen LogP contribution is -2.42. The number of carbonyl (C=O) groups excluding carboxylic acids is 2. The molecule has 1 aliphatic rings. The molecule has 0 atom stereocenters. The molecule has 0 spiro atoms. The monoisotopic (exact) mass is 353 g/mol. The van der Waals surface area contributed by atoms with E-state index in [1.54, 1.807) is 25.1 Å². The number of para-hydroxylation sites is 1. The summed E-state index contributed by atoms with van der Waals surface area (Å²) >= 11 is 0. The van der Waals surface area contributed by atoms with Crippen molar-refractivity contribution in [2.24, 2.45) is 0 Å². The summed E-state index contributed by atoms with van der Waals surface area (Å²) in [5, 5.41) is 2.69. The molecule has 24 heavy (non-hydrogen) atoms. The summed E-state index contributed by atoms with van der Waals surface area (Å²) in [6.07, 6.45) is 1.58. The number of rotatable bonds is 5. The van der Waals surface area contributed by atoms with Crippen LogP contribution < -0.4 is 5.32 Å². The molecular weight excluding hydrogens is 334 g/mol. The van der Waals surface area contributed by atoms with Gasteiger partial charge in [-0.15, -0.1) is 0 Å². The average molecular weight is 353 g/mol. The summed E-state index contributed by atoms with van der Waals surface area (Å²) in [6, 6.07) is 6.26. The van der Waals surface area contributed by atoms with Crippen LogP contribution in [0, 0.1) is 0 Å². The van der Waals surface area contributed by atoms with Gasteiger partial charge in [0.25, 0.3) is 5.79 Å². The lowest BCUT2D eigenvalue weighted by molar-refractivity contribution is -0.222. The van der Waals surface area contributed by atoms with Crippen LogP contribution in [-0.2, 0) is 28.9 Å². The van der Waals surface area contributed by atoms with E-state index in [2.05, 4.69) is 5.32 Å². The van der Waals surface area contributed by atoms with Crippen molar-refractivity contribution in [1.82, 2.24) is 0 Å². The van der Waals surface area contributed by atoms with Gasteiger partial charge in [-0.1, -0.05) is 19.1 Å². The van der Waals surface area contributed by atoms with Crippen LogP contribution in [0.1, 0.15) is 27.2 Å². The number of nitrogens with one attached hydrogen (secondary N) is 1. The fraction of sp³-hybridized carbons (Fsp3) is 0.375. The Balaban J connectivity index is 2.30. The summed E-state index contributed by atoms with van der Waals surface area (Å²) in [5.74, 6) is -3.00. The molecule has 1 saturated heterocycles. The summed E-state index contributed by atoms with van der Waals surface area (Å²) in [7, 11) is -3.46. The van der Waals surface area contributed by atoms with Crippen molar-refractivity contribution in [3.05, 3.63) is 36.0 Å². The summed E-state index contributed by atoms with van der Waals surface area (Å²) < 4.78 is 34.5. The van der Waals surface area contributed by atoms with E-state index in [1.807, 2.05) is 0 Å². The van der Waals surface area contributed by atoms with Crippen molar-refractivity contribution in [3.63, 3.8) is 0 Å². The third kappa shape index (κ3) is 3.94. The van der Waals surface area contributed by atoms with Crippen molar-refractivity contribution in [3.8, 4) is 0 Å². The normalized spacial score (nSPS) is 17.0. The summed E-state index contributed by atoms with van der Waals surface area (Å²) in [6.45, 7) is 4.66. The molecule has 0 amide bonds. The minimum Gasteiger partial charge on any atom is -0.419 e. The number of esters is 2. The van der Waals surface area contributed by atoms with Gasteiger partial charge in [-0.2, -0.15) is 0 Å². The van der Waals surface area contributed by atoms with E-state index in [4.69, 9.17) is 9.47 Å².